The molecule has 3 N–H and O–H groups in total. The van der Waals surface area contributed by atoms with Gasteiger partial charge in [-0.3, -0.25) is 0 Å². The number of ether oxygens (including phenoxy) is 2. The Kier molecular flexibility index (Phi) is 7.25. The Labute approximate surface area is 114 Å². The molecule has 19 heavy (non-hydrogen) atoms. The van der Waals surface area contributed by atoms with Gasteiger partial charge in [0.2, 0.25) is 0 Å². The van der Waals surface area contributed by atoms with Gasteiger partial charge in [-0.15, -0.1) is 0 Å². The van der Waals surface area contributed by atoms with E-state index in [0.717, 1.165) is 18.7 Å². The lowest BCUT2D eigenvalue weighted by atomic mass is 10.2. The van der Waals surface area contributed by atoms with E-state index in [0.29, 0.717) is 18.1 Å². The van der Waals surface area contributed by atoms with Gasteiger partial charge < -0.3 is 25.0 Å². The Morgan fingerprint density at radius 2 is 2.00 bits per heavy atom. The summed E-state index contributed by atoms with van der Waals surface area (Å²) in [7, 11) is 0. The van der Waals surface area contributed by atoms with Gasteiger partial charge in [0.15, 0.2) is 11.5 Å². The Balaban J connectivity index is 2.72. The van der Waals surface area contributed by atoms with Crippen LogP contribution in [0.15, 0.2) is 18.2 Å². The highest BCUT2D eigenvalue weighted by Gasteiger charge is 2.09. The molecule has 0 fully saturated rings. The van der Waals surface area contributed by atoms with E-state index in [4.69, 9.17) is 14.6 Å². The zero-order valence-electron chi connectivity index (χ0n) is 11.6. The van der Waals surface area contributed by atoms with Crippen LogP contribution in [0.25, 0.3) is 0 Å². The van der Waals surface area contributed by atoms with Gasteiger partial charge in [0.1, 0.15) is 12.7 Å². The minimum Gasteiger partial charge on any atom is -0.490 e. The van der Waals surface area contributed by atoms with Crippen LogP contribution in [0, 0.1) is 0 Å². The van der Waals surface area contributed by atoms with Gasteiger partial charge in [-0.2, -0.15) is 0 Å². The average Bonchev–Trinajstić information content (AvgIpc) is 2.44. The summed E-state index contributed by atoms with van der Waals surface area (Å²) >= 11 is 0. The van der Waals surface area contributed by atoms with Crippen molar-refractivity contribution in [2.45, 2.75) is 26.5 Å². The minimum atomic E-state index is -0.879. The van der Waals surface area contributed by atoms with Crippen molar-refractivity contribution < 1.29 is 19.7 Å². The second kappa shape index (κ2) is 8.74. The molecule has 5 heteroatoms. The smallest absolute Gasteiger partial charge is 0.161 e. The molecule has 0 radical (unpaired) electrons. The Hall–Kier alpha value is -1.30. The summed E-state index contributed by atoms with van der Waals surface area (Å²) in [4.78, 5) is 0. The molecule has 1 rings (SSSR count). The lowest BCUT2D eigenvalue weighted by Crippen LogP contribution is -2.21. The van der Waals surface area contributed by atoms with Crippen molar-refractivity contribution in [3.05, 3.63) is 23.8 Å². The number of hydrogen-bond donors (Lipinski definition) is 3. The zero-order chi connectivity index (χ0) is 14.1. The molecular formula is C14H23NO4. The predicted molar refractivity (Wildman–Crippen MR) is 73.6 cm³/mol. The Morgan fingerprint density at radius 1 is 1.21 bits per heavy atom. The number of aliphatic hydroxyl groups excluding tert-OH is 2. The van der Waals surface area contributed by atoms with Crippen LogP contribution in [0.1, 0.15) is 19.4 Å². The van der Waals surface area contributed by atoms with Crippen LogP contribution in [0.2, 0.25) is 0 Å². The number of rotatable bonds is 9. The fraction of sp³-hybridized carbons (Fsp3) is 0.571. The van der Waals surface area contributed by atoms with Gasteiger partial charge in [-0.1, -0.05) is 13.0 Å². The van der Waals surface area contributed by atoms with Gasteiger partial charge in [0.05, 0.1) is 13.2 Å². The lowest BCUT2D eigenvalue weighted by molar-refractivity contribution is 0.0525. The first-order valence-corrected chi connectivity index (χ1v) is 6.59. The molecule has 0 saturated carbocycles. The van der Waals surface area contributed by atoms with Crippen molar-refractivity contribution in [2.24, 2.45) is 0 Å². The fourth-order valence-corrected chi connectivity index (χ4v) is 1.56. The fourth-order valence-electron chi connectivity index (χ4n) is 1.56. The molecule has 0 heterocycles. The normalized spacial score (nSPS) is 12.2. The maximum Gasteiger partial charge on any atom is 0.161 e. The second-order valence-electron chi connectivity index (χ2n) is 4.14. The predicted octanol–water partition coefficient (Wildman–Crippen LogP) is 0.927. The maximum absolute atomic E-state index is 9.28. The van der Waals surface area contributed by atoms with Crippen molar-refractivity contribution in [1.29, 1.82) is 0 Å². The summed E-state index contributed by atoms with van der Waals surface area (Å²) in [6.07, 6.45) is -0.879. The van der Waals surface area contributed by atoms with E-state index in [1.165, 1.54) is 0 Å². The Morgan fingerprint density at radius 3 is 2.63 bits per heavy atom. The van der Waals surface area contributed by atoms with E-state index in [1.807, 2.05) is 25.1 Å². The Bertz CT molecular complexity index is 370. The summed E-state index contributed by atoms with van der Waals surface area (Å²) in [5.41, 5.74) is 1.11. The van der Waals surface area contributed by atoms with Crippen molar-refractivity contribution in [1.82, 2.24) is 5.32 Å². The van der Waals surface area contributed by atoms with E-state index in [9.17, 15) is 5.11 Å². The van der Waals surface area contributed by atoms with E-state index >= 15 is 0 Å². The molecule has 0 aliphatic carbocycles. The maximum atomic E-state index is 9.28. The molecule has 108 valence electrons. The van der Waals surface area contributed by atoms with Crippen LogP contribution < -0.4 is 14.8 Å². The summed E-state index contributed by atoms with van der Waals surface area (Å²) in [6, 6.07) is 5.69. The standard InChI is InChI=1S/C14H23NO4/c1-3-15-8-11-5-6-13(14(7-11)18-4-2)19-10-12(17)9-16/h5-7,12,15-17H,3-4,8-10H2,1-2H3. The molecule has 0 aromatic heterocycles. The van der Waals surface area contributed by atoms with Gasteiger partial charge in [0.25, 0.3) is 0 Å². The molecule has 0 aliphatic rings. The molecule has 0 aliphatic heterocycles. The van der Waals surface area contributed by atoms with Gasteiger partial charge in [-0.25, -0.2) is 0 Å². The van der Waals surface area contributed by atoms with Gasteiger partial charge >= 0.3 is 0 Å². The molecule has 0 saturated heterocycles. The third-order valence-electron chi connectivity index (χ3n) is 2.53. The summed E-state index contributed by atoms with van der Waals surface area (Å²) in [6.45, 7) is 5.91. The number of nitrogens with one attached hydrogen (secondary N) is 1. The average molecular weight is 269 g/mol. The molecule has 5 nitrogen and oxygen atoms in total. The summed E-state index contributed by atoms with van der Waals surface area (Å²) < 4.78 is 11.0. The minimum absolute atomic E-state index is 0.0448. The van der Waals surface area contributed by atoms with E-state index < -0.39 is 6.10 Å². The monoisotopic (exact) mass is 269 g/mol. The highest BCUT2D eigenvalue weighted by molar-refractivity contribution is 5.43. The van der Waals surface area contributed by atoms with Crippen molar-refractivity contribution >= 4 is 0 Å². The molecule has 0 amide bonds. The molecule has 1 unspecified atom stereocenters. The van der Waals surface area contributed by atoms with E-state index in [2.05, 4.69) is 12.2 Å². The SMILES string of the molecule is CCNCc1ccc(OCC(O)CO)c(OCC)c1. The lowest BCUT2D eigenvalue weighted by Gasteiger charge is -2.15. The topological polar surface area (TPSA) is 71.0 Å². The third-order valence-corrected chi connectivity index (χ3v) is 2.53. The van der Waals surface area contributed by atoms with Crippen LogP contribution in [0.5, 0.6) is 11.5 Å². The first-order valence-electron chi connectivity index (χ1n) is 6.59. The van der Waals surface area contributed by atoms with Crippen LogP contribution in [-0.2, 0) is 6.54 Å². The first kappa shape index (κ1) is 15.8. The van der Waals surface area contributed by atoms with Gasteiger partial charge in [0, 0.05) is 6.54 Å². The largest absolute Gasteiger partial charge is 0.490 e. The number of aliphatic hydroxyl groups is 2. The van der Waals surface area contributed by atoms with Crippen LogP contribution in [-0.4, -0.2) is 42.7 Å². The second-order valence-corrected chi connectivity index (χ2v) is 4.14. The van der Waals surface area contributed by atoms with Crippen molar-refractivity contribution in [3.63, 3.8) is 0 Å². The summed E-state index contributed by atoms with van der Waals surface area (Å²) in [5, 5.41) is 21.3. The van der Waals surface area contributed by atoms with Crippen LogP contribution in [0.3, 0.4) is 0 Å². The molecular weight excluding hydrogens is 246 g/mol. The zero-order valence-corrected chi connectivity index (χ0v) is 11.6. The molecule has 1 atom stereocenters. The van der Waals surface area contributed by atoms with Gasteiger partial charge in [-0.05, 0) is 31.2 Å². The van der Waals surface area contributed by atoms with Crippen LogP contribution in [0.4, 0.5) is 0 Å². The molecule has 1 aromatic carbocycles. The van der Waals surface area contributed by atoms with Crippen LogP contribution >= 0.6 is 0 Å². The van der Waals surface area contributed by atoms with E-state index in [-0.39, 0.29) is 13.2 Å². The highest BCUT2D eigenvalue weighted by Crippen LogP contribution is 2.28. The van der Waals surface area contributed by atoms with Crippen molar-refractivity contribution in [2.75, 3.05) is 26.4 Å². The first-order chi connectivity index (χ1) is 9.21. The van der Waals surface area contributed by atoms with E-state index in [1.54, 1.807) is 0 Å². The highest BCUT2D eigenvalue weighted by atomic mass is 16.5. The third kappa shape index (κ3) is 5.46. The molecule has 0 spiro atoms. The summed E-state index contributed by atoms with van der Waals surface area (Å²) in [5.74, 6) is 1.23. The molecule has 1 aromatic rings. The number of hydrogen-bond acceptors (Lipinski definition) is 5. The van der Waals surface area contributed by atoms with Crippen molar-refractivity contribution in [3.8, 4) is 11.5 Å². The number of benzene rings is 1. The molecule has 0 bridgehead atoms. The quantitative estimate of drug-likeness (QED) is 0.622.